The number of nitrogens with zero attached hydrogens (tertiary/aromatic N) is 2. The molecule has 0 saturated carbocycles. The van der Waals surface area contributed by atoms with Gasteiger partial charge in [-0.2, -0.15) is 0 Å². The first-order valence-electron chi connectivity index (χ1n) is 12.4. The second kappa shape index (κ2) is 7.19. The van der Waals surface area contributed by atoms with Crippen molar-refractivity contribution in [3.63, 3.8) is 0 Å². The monoisotopic (exact) mass is 442 g/mol. The summed E-state index contributed by atoms with van der Waals surface area (Å²) in [5.41, 5.74) is 13.5. The Kier molecular flexibility index (Phi) is 4.83. The average molecular weight is 443 g/mol. The summed E-state index contributed by atoms with van der Waals surface area (Å²) in [6, 6.07) is 6.87. The molecule has 2 aromatic rings. The van der Waals surface area contributed by atoms with Crippen molar-refractivity contribution in [3.8, 4) is 0 Å². The quantitative estimate of drug-likeness (QED) is 0.466. The highest BCUT2D eigenvalue weighted by Gasteiger charge is 2.33. The summed E-state index contributed by atoms with van der Waals surface area (Å²) in [5.74, 6) is 0.793. The summed E-state index contributed by atoms with van der Waals surface area (Å²) in [5, 5.41) is 0. The van der Waals surface area contributed by atoms with Crippen LogP contribution in [0.1, 0.15) is 104 Å². The summed E-state index contributed by atoms with van der Waals surface area (Å²) in [4.78, 5) is 17.8. The van der Waals surface area contributed by atoms with E-state index in [4.69, 9.17) is 9.97 Å². The van der Waals surface area contributed by atoms with Gasteiger partial charge >= 0.3 is 0 Å². The molecule has 2 aromatic heterocycles. The van der Waals surface area contributed by atoms with Crippen molar-refractivity contribution in [2.45, 2.75) is 97.8 Å². The van der Waals surface area contributed by atoms with Crippen molar-refractivity contribution in [1.82, 2.24) is 19.9 Å². The Morgan fingerprint density at radius 1 is 0.758 bits per heavy atom. The van der Waals surface area contributed by atoms with E-state index in [1.165, 1.54) is 56.2 Å². The maximum absolute atomic E-state index is 5.20. The van der Waals surface area contributed by atoms with Crippen molar-refractivity contribution in [1.29, 1.82) is 0 Å². The number of hydrogen-bond donors (Lipinski definition) is 2. The fourth-order valence-electron chi connectivity index (χ4n) is 5.86. The number of rotatable bonds is 0. The SMILES string of the molecule is Cc1c(C)c2[nH]c1cc1nc(cc3[nH]c(cc4nc(c2C)C(C)(C)C4)C(C)(C)C3)C(C)C1C. The third-order valence-electron chi connectivity index (χ3n) is 8.37. The van der Waals surface area contributed by atoms with Crippen LogP contribution in [0.5, 0.6) is 0 Å². The van der Waals surface area contributed by atoms with Crippen molar-refractivity contribution >= 4 is 11.0 Å². The normalized spacial score (nSPS) is 22.3. The Morgan fingerprint density at radius 3 is 2.12 bits per heavy atom. The molecule has 0 radical (unpaired) electrons. The second-order valence-electron chi connectivity index (χ2n) is 11.9. The van der Waals surface area contributed by atoms with Crippen LogP contribution in [0, 0.1) is 20.8 Å². The minimum absolute atomic E-state index is 0.00410. The highest BCUT2D eigenvalue weighted by atomic mass is 14.8. The van der Waals surface area contributed by atoms with Crippen LogP contribution >= 0.6 is 0 Å². The Morgan fingerprint density at radius 2 is 1.42 bits per heavy atom. The van der Waals surface area contributed by atoms with Gasteiger partial charge in [0.2, 0.25) is 0 Å². The highest BCUT2D eigenvalue weighted by molar-refractivity contribution is 5.74. The molecular weight excluding hydrogens is 404 g/mol. The predicted molar refractivity (Wildman–Crippen MR) is 137 cm³/mol. The Labute approximate surface area is 198 Å². The van der Waals surface area contributed by atoms with E-state index in [-0.39, 0.29) is 10.8 Å². The van der Waals surface area contributed by atoms with Gasteiger partial charge in [-0.3, -0.25) is 9.97 Å². The highest BCUT2D eigenvalue weighted by Crippen LogP contribution is 2.39. The molecule has 8 bridgehead atoms. The maximum Gasteiger partial charge on any atom is 0.0516 e. The number of hydrogen-bond acceptors (Lipinski definition) is 2. The van der Waals surface area contributed by atoms with Crippen LogP contribution in [0.4, 0.5) is 0 Å². The topological polar surface area (TPSA) is 57.4 Å². The maximum atomic E-state index is 5.20. The molecule has 0 aliphatic carbocycles. The summed E-state index contributed by atoms with van der Waals surface area (Å²) in [7, 11) is 0. The zero-order valence-corrected chi connectivity index (χ0v) is 21.7. The first-order valence-corrected chi connectivity index (χ1v) is 12.4. The van der Waals surface area contributed by atoms with Gasteiger partial charge < -0.3 is 9.97 Å². The largest absolute Gasteiger partial charge is 0.362 e. The van der Waals surface area contributed by atoms with Gasteiger partial charge in [0, 0.05) is 68.6 Å². The van der Waals surface area contributed by atoms with Crippen LogP contribution in [0.2, 0.25) is 0 Å². The summed E-state index contributed by atoms with van der Waals surface area (Å²) in [6.45, 7) is 20.5. The standard InChI is InChI=1S/C29H38N4/c1-15-16(2)23-12-24-17(3)18(4)26(33-24)19(5)27-29(8,9)14-21(31-27)11-25-28(6,7)13-20(30-25)10-22(15)32-23/h10-12,15-16,30,33H,13-14H2,1-9H3. The van der Waals surface area contributed by atoms with Crippen molar-refractivity contribution in [3.05, 3.63) is 69.1 Å². The molecule has 33 heavy (non-hydrogen) atoms. The summed E-state index contributed by atoms with van der Waals surface area (Å²) < 4.78 is 0. The lowest BCUT2D eigenvalue weighted by atomic mass is 9.83. The van der Waals surface area contributed by atoms with E-state index in [2.05, 4.69) is 90.5 Å². The minimum Gasteiger partial charge on any atom is -0.362 e. The van der Waals surface area contributed by atoms with Crippen LogP contribution in [-0.2, 0) is 23.7 Å². The van der Waals surface area contributed by atoms with Crippen LogP contribution in [-0.4, -0.2) is 19.9 Å². The average Bonchev–Trinajstić information content (AvgIpc) is 3.36. The van der Waals surface area contributed by atoms with Gasteiger partial charge in [0.15, 0.2) is 0 Å². The molecule has 0 aromatic carbocycles. The Hall–Kier alpha value is -2.62. The number of aromatic nitrogens is 4. The van der Waals surface area contributed by atoms with Gasteiger partial charge in [-0.15, -0.1) is 0 Å². The van der Waals surface area contributed by atoms with Crippen molar-refractivity contribution < 1.29 is 0 Å². The molecule has 0 saturated heterocycles. The number of nitrogens with one attached hydrogen (secondary N) is 2. The molecule has 5 heterocycles. The molecule has 4 nitrogen and oxygen atoms in total. The molecule has 2 unspecified atom stereocenters. The van der Waals surface area contributed by atoms with Gasteiger partial charge in [-0.1, -0.05) is 41.5 Å². The molecule has 174 valence electrons. The molecule has 3 aliphatic heterocycles. The lowest BCUT2D eigenvalue weighted by Gasteiger charge is -2.19. The van der Waals surface area contributed by atoms with Gasteiger partial charge in [0.25, 0.3) is 0 Å². The molecule has 0 fully saturated rings. The van der Waals surface area contributed by atoms with Crippen LogP contribution in [0.15, 0.2) is 18.2 Å². The molecular formula is C29H38N4. The van der Waals surface area contributed by atoms with E-state index < -0.39 is 0 Å². The van der Waals surface area contributed by atoms with E-state index in [1.807, 2.05) is 0 Å². The van der Waals surface area contributed by atoms with Gasteiger partial charge in [0.05, 0.1) is 5.69 Å². The lowest BCUT2D eigenvalue weighted by molar-refractivity contribution is 0.532. The first kappa shape index (κ1) is 22.2. The molecule has 5 rings (SSSR count). The first-order chi connectivity index (χ1) is 15.4. The number of H-pyrrole nitrogens is 2. The van der Waals surface area contributed by atoms with Gasteiger partial charge in [-0.05, 0) is 62.1 Å². The van der Waals surface area contributed by atoms with Gasteiger partial charge in [0.1, 0.15) is 0 Å². The second-order valence-corrected chi connectivity index (χ2v) is 11.9. The molecule has 3 aliphatic rings. The number of aromatic amines is 2. The minimum atomic E-state index is 0.00410. The third-order valence-corrected chi connectivity index (χ3v) is 8.37. The zero-order valence-electron chi connectivity index (χ0n) is 21.7. The molecule has 2 N–H and O–H groups in total. The van der Waals surface area contributed by atoms with Crippen LogP contribution < -0.4 is 0 Å². The van der Waals surface area contributed by atoms with Crippen LogP contribution in [0.25, 0.3) is 11.0 Å². The van der Waals surface area contributed by atoms with E-state index in [0.717, 1.165) is 18.5 Å². The summed E-state index contributed by atoms with van der Waals surface area (Å²) >= 11 is 0. The predicted octanol–water partition coefficient (Wildman–Crippen LogP) is 6.91. The van der Waals surface area contributed by atoms with Gasteiger partial charge in [-0.25, -0.2) is 0 Å². The fraction of sp³-hybridized carbons (Fsp3) is 0.517. The summed E-state index contributed by atoms with van der Waals surface area (Å²) in [6.07, 6.45) is 1.95. The smallest absolute Gasteiger partial charge is 0.0516 e. The van der Waals surface area contributed by atoms with E-state index in [0.29, 0.717) is 11.8 Å². The van der Waals surface area contributed by atoms with E-state index in [9.17, 15) is 0 Å². The molecule has 2 atom stereocenters. The van der Waals surface area contributed by atoms with Crippen molar-refractivity contribution in [2.24, 2.45) is 0 Å². The molecule has 0 amide bonds. The fourth-order valence-corrected chi connectivity index (χ4v) is 5.86. The van der Waals surface area contributed by atoms with E-state index in [1.54, 1.807) is 0 Å². The number of aryl methyl sites for hydroxylation is 3. The third kappa shape index (κ3) is 3.50. The molecule has 4 heteroatoms. The van der Waals surface area contributed by atoms with Crippen molar-refractivity contribution in [2.75, 3.05) is 0 Å². The van der Waals surface area contributed by atoms with E-state index >= 15 is 0 Å². The molecule has 0 spiro atoms. The Balaban J connectivity index is 1.93. The lowest BCUT2D eigenvalue weighted by Crippen LogP contribution is -2.17. The zero-order chi connectivity index (χ0) is 23.9. The number of fused-ring (bicyclic) bond motifs is 8. The van der Waals surface area contributed by atoms with Crippen LogP contribution in [0.3, 0.4) is 0 Å². The Bertz CT molecular complexity index is 1330.